The van der Waals surface area contributed by atoms with Gasteiger partial charge in [-0.1, -0.05) is 0 Å². The maximum atomic E-state index is 11.1. The van der Waals surface area contributed by atoms with E-state index in [1.165, 1.54) is 7.11 Å². The van der Waals surface area contributed by atoms with E-state index in [4.69, 9.17) is 11.6 Å². The van der Waals surface area contributed by atoms with Crippen molar-refractivity contribution in [3.8, 4) is 0 Å². The van der Waals surface area contributed by atoms with Crippen molar-refractivity contribution in [2.45, 2.75) is 0 Å². The average Bonchev–Trinajstić information content (AvgIpc) is 2.29. The highest BCUT2D eigenvalue weighted by molar-refractivity contribution is 6.29. The number of hydrogen-bond donors (Lipinski definition) is 1. The van der Waals surface area contributed by atoms with Crippen LogP contribution in [-0.2, 0) is 9.53 Å². The lowest BCUT2D eigenvalue weighted by Crippen LogP contribution is -2.12. The molecule has 4 nitrogen and oxygen atoms in total. The average molecular weight is 228 g/mol. The first-order chi connectivity index (χ1) is 7.17. The first-order valence-electron chi connectivity index (χ1n) is 4.21. The molecule has 5 heteroatoms. The number of carbonyl (C=O) groups is 2. The van der Waals surface area contributed by atoms with Crippen molar-refractivity contribution in [1.82, 2.24) is 0 Å². The van der Waals surface area contributed by atoms with Crippen LogP contribution >= 0.6 is 11.6 Å². The molecule has 80 valence electrons. The van der Waals surface area contributed by atoms with Gasteiger partial charge in [-0.05, 0) is 24.3 Å². The lowest BCUT2D eigenvalue weighted by molar-refractivity contribution is -0.113. The van der Waals surface area contributed by atoms with Gasteiger partial charge < -0.3 is 10.1 Å². The Hall–Kier alpha value is -1.55. The summed E-state index contributed by atoms with van der Waals surface area (Å²) in [5, 5.41) is 2.55. The van der Waals surface area contributed by atoms with Gasteiger partial charge in [-0.3, -0.25) is 4.79 Å². The monoisotopic (exact) mass is 227 g/mol. The van der Waals surface area contributed by atoms with E-state index in [1.54, 1.807) is 24.3 Å². The molecule has 0 bridgehead atoms. The van der Waals surface area contributed by atoms with Crippen LogP contribution in [0, 0.1) is 0 Å². The molecule has 0 saturated heterocycles. The SMILES string of the molecule is COC(=O)c1ccc(NC(=O)CCl)cc1. The summed E-state index contributed by atoms with van der Waals surface area (Å²) in [5.74, 6) is -0.800. The molecule has 0 radical (unpaired) electrons. The van der Waals surface area contributed by atoms with Gasteiger partial charge in [0.1, 0.15) is 5.88 Å². The molecule has 0 atom stereocenters. The maximum absolute atomic E-state index is 11.1. The van der Waals surface area contributed by atoms with Crippen molar-refractivity contribution in [3.05, 3.63) is 29.8 Å². The number of alkyl halides is 1. The number of rotatable bonds is 3. The zero-order valence-electron chi connectivity index (χ0n) is 8.12. The van der Waals surface area contributed by atoms with Crippen LogP contribution in [0.15, 0.2) is 24.3 Å². The van der Waals surface area contributed by atoms with Crippen molar-refractivity contribution in [1.29, 1.82) is 0 Å². The summed E-state index contributed by atoms with van der Waals surface area (Å²) < 4.78 is 4.53. The predicted octanol–water partition coefficient (Wildman–Crippen LogP) is 1.65. The van der Waals surface area contributed by atoms with E-state index in [1.807, 2.05) is 0 Å². The summed E-state index contributed by atoms with van der Waals surface area (Å²) in [7, 11) is 1.31. The second-order valence-electron chi connectivity index (χ2n) is 2.75. The number of ether oxygens (including phenoxy) is 1. The molecule has 0 spiro atoms. The molecule has 0 aromatic heterocycles. The van der Waals surface area contributed by atoms with Crippen molar-refractivity contribution in [2.75, 3.05) is 18.3 Å². The Balaban J connectivity index is 2.72. The van der Waals surface area contributed by atoms with E-state index in [2.05, 4.69) is 10.1 Å². The zero-order chi connectivity index (χ0) is 11.3. The summed E-state index contributed by atoms with van der Waals surface area (Å²) >= 11 is 5.32. The van der Waals surface area contributed by atoms with Gasteiger partial charge in [0, 0.05) is 5.69 Å². The topological polar surface area (TPSA) is 55.4 Å². The molecule has 0 saturated carbocycles. The van der Waals surface area contributed by atoms with Gasteiger partial charge in [-0.2, -0.15) is 0 Å². The van der Waals surface area contributed by atoms with Crippen LogP contribution in [0.1, 0.15) is 10.4 Å². The van der Waals surface area contributed by atoms with Crippen LogP contribution in [-0.4, -0.2) is 24.9 Å². The Morgan fingerprint density at radius 3 is 2.40 bits per heavy atom. The molecular weight excluding hydrogens is 218 g/mol. The van der Waals surface area contributed by atoms with Crippen molar-refractivity contribution < 1.29 is 14.3 Å². The Morgan fingerprint density at radius 2 is 1.93 bits per heavy atom. The molecule has 1 amide bonds. The van der Waals surface area contributed by atoms with Gasteiger partial charge in [0.15, 0.2) is 0 Å². The second kappa shape index (κ2) is 5.36. The third-order valence-electron chi connectivity index (χ3n) is 1.71. The summed E-state index contributed by atoms with van der Waals surface area (Å²) in [5.41, 5.74) is 1.02. The number of hydrogen-bond acceptors (Lipinski definition) is 3. The molecule has 1 rings (SSSR count). The van der Waals surface area contributed by atoms with Gasteiger partial charge in [-0.25, -0.2) is 4.79 Å². The lowest BCUT2D eigenvalue weighted by atomic mass is 10.2. The molecule has 1 N–H and O–H groups in total. The summed E-state index contributed by atoms with van der Waals surface area (Å²) in [6.45, 7) is 0. The molecule has 0 unspecified atom stereocenters. The van der Waals surface area contributed by atoms with E-state index in [0.717, 1.165) is 0 Å². The fraction of sp³-hybridized carbons (Fsp3) is 0.200. The first-order valence-corrected chi connectivity index (χ1v) is 4.75. The zero-order valence-corrected chi connectivity index (χ0v) is 8.88. The predicted molar refractivity (Wildman–Crippen MR) is 57.1 cm³/mol. The standard InChI is InChI=1S/C10H10ClNO3/c1-15-10(14)7-2-4-8(5-3-7)12-9(13)6-11/h2-5H,6H2,1H3,(H,12,13). The molecular formula is C10H10ClNO3. The molecule has 15 heavy (non-hydrogen) atoms. The first kappa shape index (κ1) is 11.5. The highest BCUT2D eigenvalue weighted by atomic mass is 35.5. The van der Waals surface area contributed by atoms with E-state index in [9.17, 15) is 9.59 Å². The summed E-state index contributed by atoms with van der Waals surface area (Å²) in [6.07, 6.45) is 0. The van der Waals surface area contributed by atoms with E-state index in [-0.39, 0.29) is 11.8 Å². The van der Waals surface area contributed by atoms with Crippen LogP contribution in [0.4, 0.5) is 5.69 Å². The molecule has 0 aliphatic heterocycles. The van der Waals surface area contributed by atoms with Crippen molar-refractivity contribution in [3.63, 3.8) is 0 Å². The Bertz CT molecular complexity index is 361. The van der Waals surface area contributed by atoms with Crippen LogP contribution in [0.2, 0.25) is 0 Å². The fourth-order valence-electron chi connectivity index (χ4n) is 1.00. The molecule has 0 aliphatic carbocycles. The Labute approximate surface area is 92.2 Å². The van der Waals surface area contributed by atoms with Gasteiger partial charge in [0.25, 0.3) is 0 Å². The van der Waals surface area contributed by atoms with Crippen LogP contribution in [0.3, 0.4) is 0 Å². The minimum absolute atomic E-state index is 0.0985. The van der Waals surface area contributed by atoms with Gasteiger partial charge in [0.05, 0.1) is 12.7 Å². The largest absolute Gasteiger partial charge is 0.465 e. The fourth-order valence-corrected chi connectivity index (χ4v) is 1.07. The van der Waals surface area contributed by atoms with Gasteiger partial charge >= 0.3 is 5.97 Å². The highest BCUT2D eigenvalue weighted by Gasteiger charge is 2.05. The number of amides is 1. The summed E-state index contributed by atoms with van der Waals surface area (Å²) in [4.78, 5) is 22.0. The Kier molecular flexibility index (Phi) is 4.12. The highest BCUT2D eigenvalue weighted by Crippen LogP contribution is 2.10. The van der Waals surface area contributed by atoms with Crippen LogP contribution < -0.4 is 5.32 Å². The second-order valence-corrected chi connectivity index (χ2v) is 3.02. The molecule has 1 aromatic carbocycles. The third kappa shape index (κ3) is 3.25. The van der Waals surface area contributed by atoms with Crippen molar-refractivity contribution >= 4 is 29.2 Å². The number of esters is 1. The number of benzene rings is 1. The van der Waals surface area contributed by atoms with Gasteiger partial charge in [0.2, 0.25) is 5.91 Å². The van der Waals surface area contributed by atoms with E-state index >= 15 is 0 Å². The molecule has 0 fully saturated rings. The third-order valence-corrected chi connectivity index (χ3v) is 1.95. The number of carbonyl (C=O) groups excluding carboxylic acids is 2. The van der Waals surface area contributed by atoms with Gasteiger partial charge in [-0.15, -0.1) is 11.6 Å². The van der Waals surface area contributed by atoms with E-state index in [0.29, 0.717) is 11.3 Å². The number of anilines is 1. The van der Waals surface area contributed by atoms with Crippen LogP contribution in [0.25, 0.3) is 0 Å². The van der Waals surface area contributed by atoms with E-state index < -0.39 is 5.97 Å². The number of halogens is 1. The van der Waals surface area contributed by atoms with Crippen LogP contribution in [0.5, 0.6) is 0 Å². The molecule has 0 aliphatic rings. The molecule has 1 aromatic rings. The quantitative estimate of drug-likeness (QED) is 0.631. The molecule has 0 heterocycles. The number of nitrogens with one attached hydrogen (secondary N) is 1. The maximum Gasteiger partial charge on any atom is 0.337 e. The Morgan fingerprint density at radius 1 is 1.33 bits per heavy atom. The minimum atomic E-state index is -0.412. The number of methoxy groups -OCH3 is 1. The van der Waals surface area contributed by atoms with Crippen molar-refractivity contribution in [2.24, 2.45) is 0 Å². The summed E-state index contributed by atoms with van der Waals surface area (Å²) in [6, 6.07) is 6.35. The lowest BCUT2D eigenvalue weighted by Gasteiger charge is -2.03. The normalized spacial score (nSPS) is 9.47. The smallest absolute Gasteiger partial charge is 0.337 e. The minimum Gasteiger partial charge on any atom is -0.465 e.